The minimum atomic E-state index is -0.254. The van der Waals surface area contributed by atoms with Gasteiger partial charge in [0.25, 0.3) is 0 Å². The zero-order valence-corrected chi connectivity index (χ0v) is 15.6. The van der Waals surface area contributed by atoms with Crippen LogP contribution in [0.4, 0.5) is 0 Å². The van der Waals surface area contributed by atoms with Crippen molar-refractivity contribution in [3.8, 4) is 22.6 Å². The number of ether oxygens (including phenoxy) is 1. The van der Waals surface area contributed by atoms with Crippen molar-refractivity contribution in [2.45, 2.75) is 12.7 Å². The SMILES string of the molecule is COc1cc([C@@H]2NC(=O)CN2Cc2ccc(-c3ccccc3)cc2)ccc1O. The van der Waals surface area contributed by atoms with E-state index in [1.165, 1.54) is 18.2 Å². The summed E-state index contributed by atoms with van der Waals surface area (Å²) in [5, 5.41) is 12.8. The molecule has 0 aromatic heterocycles. The van der Waals surface area contributed by atoms with Crippen LogP contribution < -0.4 is 10.1 Å². The molecule has 1 amide bonds. The van der Waals surface area contributed by atoms with Crippen molar-refractivity contribution in [3.63, 3.8) is 0 Å². The molecule has 1 heterocycles. The first-order valence-electron chi connectivity index (χ1n) is 9.19. The summed E-state index contributed by atoms with van der Waals surface area (Å²) >= 11 is 0. The molecule has 3 aromatic carbocycles. The van der Waals surface area contributed by atoms with E-state index in [1.807, 2.05) is 18.2 Å². The predicted molar refractivity (Wildman–Crippen MR) is 108 cm³/mol. The van der Waals surface area contributed by atoms with E-state index in [-0.39, 0.29) is 17.8 Å². The zero-order valence-electron chi connectivity index (χ0n) is 15.6. The predicted octanol–water partition coefficient (Wildman–Crippen LogP) is 3.70. The number of hydrogen-bond donors (Lipinski definition) is 2. The van der Waals surface area contributed by atoms with Gasteiger partial charge in [-0.3, -0.25) is 9.69 Å². The number of methoxy groups -OCH3 is 1. The molecule has 142 valence electrons. The highest BCUT2D eigenvalue weighted by atomic mass is 16.5. The highest BCUT2D eigenvalue weighted by molar-refractivity contribution is 5.80. The molecule has 1 aliphatic rings. The number of aromatic hydroxyl groups is 1. The van der Waals surface area contributed by atoms with Crippen LogP contribution >= 0.6 is 0 Å². The largest absolute Gasteiger partial charge is 0.504 e. The summed E-state index contributed by atoms with van der Waals surface area (Å²) < 4.78 is 5.20. The average molecular weight is 374 g/mol. The number of phenols is 1. The van der Waals surface area contributed by atoms with Gasteiger partial charge in [0.15, 0.2) is 11.5 Å². The number of hydrogen-bond acceptors (Lipinski definition) is 4. The minimum Gasteiger partial charge on any atom is -0.504 e. The van der Waals surface area contributed by atoms with Gasteiger partial charge in [0.2, 0.25) is 5.91 Å². The fourth-order valence-corrected chi connectivity index (χ4v) is 3.54. The third-order valence-corrected chi connectivity index (χ3v) is 4.98. The molecule has 5 heteroatoms. The number of rotatable bonds is 5. The van der Waals surface area contributed by atoms with E-state index in [9.17, 15) is 9.90 Å². The van der Waals surface area contributed by atoms with Gasteiger partial charge in [-0.25, -0.2) is 0 Å². The highest BCUT2D eigenvalue weighted by Crippen LogP contribution is 2.32. The molecular weight excluding hydrogens is 352 g/mol. The van der Waals surface area contributed by atoms with Crippen LogP contribution in [0.3, 0.4) is 0 Å². The van der Waals surface area contributed by atoms with Crippen LogP contribution in [0, 0.1) is 0 Å². The van der Waals surface area contributed by atoms with Gasteiger partial charge in [-0.2, -0.15) is 0 Å². The lowest BCUT2D eigenvalue weighted by molar-refractivity contribution is -0.118. The molecule has 1 atom stereocenters. The van der Waals surface area contributed by atoms with Crippen molar-refractivity contribution < 1.29 is 14.6 Å². The molecule has 5 nitrogen and oxygen atoms in total. The van der Waals surface area contributed by atoms with E-state index >= 15 is 0 Å². The van der Waals surface area contributed by atoms with Crippen molar-refractivity contribution in [1.82, 2.24) is 10.2 Å². The first-order valence-corrected chi connectivity index (χ1v) is 9.19. The Kier molecular flexibility index (Phi) is 5.00. The molecular formula is C23H22N2O3. The van der Waals surface area contributed by atoms with Crippen LogP contribution in [0.1, 0.15) is 17.3 Å². The second-order valence-corrected chi connectivity index (χ2v) is 6.87. The Morgan fingerprint density at radius 3 is 2.46 bits per heavy atom. The second-order valence-electron chi connectivity index (χ2n) is 6.87. The number of phenolic OH excluding ortho intramolecular Hbond substituents is 1. The smallest absolute Gasteiger partial charge is 0.235 e. The summed E-state index contributed by atoms with van der Waals surface area (Å²) in [6.45, 7) is 0.968. The van der Waals surface area contributed by atoms with E-state index in [2.05, 4.69) is 46.6 Å². The third kappa shape index (κ3) is 3.70. The van der Waals surface area contributed by atoms with E-state index < -0.39 is 0 Å². The number of nitrogens with one attached hydrogen (secondary N) is 1. The third-order valence-electron chi connectivity index (χ3n) is 4.98. The molecule has 0 radical (unpaired) electrons. The van der Waals surface area contributed by atoms with E-state index in [4.69, 9.17) is 4.74 Å². The summed E-state index contributed by atoms with van der Waals surface area (Å²) in [5.41, 5.74) is 4.36. The Bertz CT molecular complexity index is 971. The molecule has 0 bridgehead atoms. The van der Waals surface area contributed by atoms with E-state index in [1.54, 1.807) is 18.2 Å². The van der Waals surface area contributed by atoms with Crippen LogP contribution in [-0.4, -0.2) is 29.6 Å². The first kappa shape index (κ1) is 18.1. The van der Waals surface area contributed by atoms with Gasteiger partial charge in [0, 0.05) is 6.54 Å². The fourth-order valence-electron chi connectivity index (χ4n) is 3.54. The monoisotopic (exact) mass is 374 g/mol. The minimum absolute atomic E-state index is 0.0158. The Balaban J connectivity index is 1.54. The van der Waals surface area contributed by atoms with Crippen molar-refractivity contribution in [2.24, 2.45) is 0 Å². The number of carbonyl (C=O) groups excluding carboxylic acids is 1. The molecule has 1 saturated heterocycles. The van der Waals surface area contributed by atoms with Crippen LogP contribution in [0.15, 0.2) is 72.8 Å². The van der Waals surface area contributed by atoms with Crippen molar-refractivity contribution in [3.05, 3.63) is 83.9 Å². The summed E-state index contributed by atoms with van der Waals surface area (Å²) in [5.74, 6) is 0.461. The number of carbonyl (C=O) groups is 1. The van der Waals surface area contributed by atoms with Crippen molar-refractivity contribution in [2.75, 3.05) is 13.7 Å². The molecule has 2 N–H and O–H groups in total. The second kappa shape index (κ2) is 7.74. The average Bonchev–Trinajstić information content (AvgIpc) is 3.09. The van der Waals surface area contributed by atoms with Crippen LogP contribution in [0.25, 0.3) is 11.1 Å². The molecule has 0 aliphatic carbocycles. The number of amides is 1. The highest BCUT2D eigenvalue weighted by Gasteiger charge is 2.31. The van der Waals surface area contributed by atoms with Crippen LogP contribution in [-0.2, 0) is 11.3 Å². The maximum absolute atomic E-state index is 12.1. The lowest BCUT2D eigenvalue weighted by atomic mass is 10.0. The summed E-state index contributed by atoms with van der Waals surface area (Å²) in [6.07, 6.45) is -0.254. The van der Waals surface area contributed by atoms with Crippen molar-refractivity contribution >= 4 is 5.91 Å². The van der Waals surface area contributed by atoms with Gasteiger partial charge in [-0.1, -0.05) is 60.7 Å². The Morgan fingerprint density at radius 1 is 1.04 bits per heavy atom. The quantitative estimate of drug-likeness (QED) is 0.715. The Labute approximate surface area is 164 Å². The molecule has 1 aliphatic heterocycles. The fraction of sp³-hybridized carbons (Fsp3) is 0.174. The normalized spacial score (nSPS) is 16.8. The topological polar surface area (TPSA) is 61.8 Å². The lowest BCUT2D eigenvalue weighted by Gasteiger charge is -2.24. The Morgan fingerprint density at radius 2 is 1.75 bits per heavy atom. The van der Waals surface area contributed by atoms with Gasteiger partial charge < -0.3 is 15.2 Å². The molecule has 1 fully saturated rings. The summed E-state index contributed by atoms with van der Waals surface area (Å²) in [4.78, 5) is 14.1. The molecule has 4 rings (SSSR count). The number of nitrogens with zero attached hydrogens (tertiary/aromatic N) is 1. The Hall–Kier alpha value is -3.31. The van der Waals surface area contributed by atoms with E-state index in [0.29, 0.717) is 18.8 Å². The molecule has 0 spiro atoms. The van der Waals surface area contributed by atoms with Gasteiger partial charge in [-0.15, -0.1) is 0 Å². The summed E-state index contributed by atoms with van der Waals surface area (Å²) in [7, 11) is 1.51. The van der Waals surface area contributed by atoms with Crippen molar-refractivity contribution in [1.29, 1.82) is 0 Å². The van der Waals surface area contributed by atoms with Crippen LogP contribution in [0.2, 0.25) is 0 Å². The molecule has 3 aromatic rings. The molecule has 0 unspecified atom stereocenters. The molecule has 28 heavy (non-hydrogen) atoms. The van der Waals surface area contributed by atoms with Gasteiger partial charge in [0.1, 0.15) is 6.17 Å². The maximum Gasteiger partial charge on any atom is 0.235 e. The zero-order chi connectivity index (χ0) is 19.5. The van der Waals surface area contributed by atoms with Gasteiger partial charge in [-0.05, 0) is 34.4 Å². The van der Waals surface area contributed by atoms with Crippen LogP contribution in [0.5, 0.6) is 11.5 Å². The number of benzene rings is 3. The lowest BCUT2D eigenvalue weighted by Crippen LogP contribution is -2.27. The standard InChI is InChI=1S/C23H22N2O3/c1-28-21-13-19(11-12-20(21)26)23-24-22(27)15-25(23)14-16-7-9-18(10-8-16)17-5-3-2-4-6-17/h2-13,23,26H,14-15H2,1H3,(H,24,27)/t23-/m1/s1. The van der Waals surface area contributed by atoms with E-state index in [0.717, 1.165) is 11.1 Å². The summed E-state index contributed by atoms with van der Waals surface area (Å²) in [6, 6.07) is 23.8. The van der Waals surface area contributed by atoms with Gasteiger partial charge >= 0.3 is 0 Å². The van der Waals surface area contributed by atoms with Gasteiger partial charge in [0.05, 0.1) is 13.7 Å². The first-order chi connectivity index (χ1) is 13.6. The maximum atomic E-state index is 12.1. The molecule has 0 saturated carbocycles.